The first-order valence-electron chi connectivity index (χ1n) is 29.5. The van der Waals surface area contributed by atoms with Crippen LogP contribution in [0.2, 0.25) is 0 Å². The average molecular weight is 1100 g/mol. The van der Waals surface area contributed by atoms with Crippen molar-refractivity contribution in [3.8, 4) is 0 Å². The van der Waals surface area contributed by atoms with Gasteiger partial charge in [-0.2, -0.15) is 0 Å². The van der Waals surface area contributed by atoms with Crippen LogP contribution in [0.15, 0.2) is 158 Å². The van der Waals surface area contributed by atoms with Crippen molar-refractivity contribution in [3.05, 3.63) is 158 Å². The maximum absolute atomic E-state index is 13.1. The molecular formula is C67H100O12. The molecule has 440 valence electrons. The summed E-state index contributed by atoms with van der Waals surface area (Å²) in [6, 6.07) is 0. The Kier molecular flexibility index (Phi) is 47.9. The summed E-state index contributed by atoms with van der Waals surface area (Å²) < 4.78 is 28.3. The number of allylic oxidation sites excluding steroid dienone is 26. The molecule has 1 fully saturated rings. The lowest BCUT2D eigenvalue weighted by molar-refractivity contribution is -0.301. The van der Waals surface area contributed by atoms with Crippen molar-refractivity contribution in [1.29, 1.82) is 0 Å². The minimum absolute atomic E-state index is 0.0111. The quantitative estimate of drug-likeness (QED) is 0.0228. The third-order valence-electron chi connectivity index (χ3n) is 12.1. The van der Waals surface area contributed by atoms with Crippen LogP contribution >= 0.6 is 0 Å². The number of rotatable bonds is 47. The Hall–Kier alpha value is -5.66. The molecule has 1 saturated heterocycles. The highest BCUT2D eigenvalue weighted by atomic mass is 16.7. The highest BCUT2D eigenvalue weighted by Gasteiger charge is 2.50. The minimum atomic E-state index is -1.94. The predicted octanol–water partition coefficient (Wildman–Crippen LogP) is 15.3. The van der Waals surface area contributed by atoms with E-state index in [1.807, 2.05) is 18.2 Å². The van der Waals surface area contributed by atoms with Gasteiger partial charge in [0.2, 0.25) is 0 Å². The maximum atomic E-state index is 13.1. The summed E-state index contributed by atoms with van der Waals surface area (Å²) in [5, 5.41) is 31.5. The van der Waals surface area contributed by atoms with Gasteiger partial charge in [0.05, 0.1) is 6.61 Å². The topological polar surface area (TPSA) is 175 Å². The molecule has 1 heterocycles. The van der Waals surface area contributed by atoms with Crippen molar-refractivity contribution in [3.63, 3.8) is 0 Å². The van der Waals surface area contributed by atoms with E-state index in [9.17, 15) is 34.5 Å². The van der Waals surface area contributed by atoms with Crippen molar-refractivity contribution in [2.45, 2.75) is 225 Å². The number of unbranched alkanes of at least 4 members (excludes halogenated alkanes) is 7. The molecule has 0 aromatic heterocycles. The molecule has 0 amide bonds. The molecule has 3 N–H and O–H groups in total. The lowest BCUT2D eigenvalue weighted by atomic mass is 9.98. The van der Waals surface area contributed by atoms with Gasteiger partial charge in [-0.15, -0.1) is 0 Å². The molecule has 79 heavy (non-hydrogen) atoms. The number of aliphatic hydroxyl groups excluding tert-OH is 2. The molecule has 6 unspecified atom stereocenters. The van der Waals surface area contributed by atoms with Gasteiger partial charge in [-0.05, 0) is 128 Å². The van der Waals surface area contributed by atoms with E-state index in [1.165, 1.54) is 0 Å². The van der Waals surface area contributed by atoms with E-state index in [-0.39, 0.29) is 25.9 Å². The second-order valence-electron chi connectivity index (χ2n) is 19.1. The summed E-state index contributed by atoms with van der Waals surface area (Å²) in [5.41, 5.74) is 0. The molecule has 0 aromatic rings. The summed E-state index contributed by atoms with van der Waals surface area (Å²) in [6.07, 6.45) is 65.1. The van der Waals surface area contributed by atoms with Gasteiger partial charge in [0.25, 0.3) is 0 Å². The zero-order valence-electron chi connectivity index (χ0n) is 48.3. The number of carboxylic acid groups (broad SMARTS) is 1. The van der Waals surface area contributed by atoms with Crippen molar-refractivity contribution in [1.82, 2.24) is 0 Å². The first-order valence-corrected chi connectivity index (χ1v) is 29.5. The Balaban J connectivity index is 2.76. The van der Waals surface area contributed by atoms with Crippen molar-refractivity contribution < 1.29 is 58.2 Å². The molecule has 0 spiro atoms. The first-order chi connectivity index (χ1) is 38.6. The molecule has 1 aliphatic heterocycles. The molecule has 12 nitrogen and oxygen atoms in total. The van der Waals surface area contributed by atoms with Crippen LogP contribution in [0.3, 0.4) is 0 Å². The van der Waals surface area contributed by atoms with Gasteiger partial charge in [-0.3, -0.25) is 14.4 Å². The predicted molar refractivity (Wildman–Crippen MR) is 321 cm³/mol. The van der Waals surface area contributed by atoms with Crippen molar-refractivity contribution in [2.24, 2.45) is 0 Å². The van der Waals surface area contributed by atoms with E-state index in [0.717, 1.165) is 122 Å². The highest BCUT2D eigenvalue weighted by molar-refractivity contribution is 5.74. The van der Waals surface area contributed by atoms with E-state index in [2.05, 4.69) is 161 Å². The summed E-state index contributed by atoms with van der Waals surface area (Å²) in [7, 11) is 0. The summed E-state index contributed by atoms with van der Waals surface area (Å²) in [6.45, 7) is 5.52. The third kappa shape index (κ3) is 42.9. The molecule has 0 aliphatic carbocycles. The first kappa shape index (κ1) is 71.4. The fourth-order valence-electron chi connectivity index (χ4n) is 7.69. The average Bonchev–Trinajstić information content (AvgIpc) is 3.47. The Labute approximate surface area is 475 Å². The van der Waals surface area contributed by atoms with Gasteiger partial charge in [0.1, 0.15) is 18.8 Å². The summed E-state index contributed by atoms with van der Waals surface area (Å²) in [4.78, 5) is 51.1. The number of carboxylic acids is 1. The monoisotopic (exact) mass is 1100 g/mol. The summed E-state index contributed by atoms with van der Waals surface area (Å²) >= 11 is 0. The molecule has 12 heteroatoms. The Bertz CT molecular complexity index is 1980. The Morgan fingerprint density at radius 3 is 1.20 bits per heavy atom. The second-order valence-corrected chi connectivity index (χ2v) is 19.1. The standard InChI is InChI=1S/C67H100O12/c1-4-7-10-13-16-19-22-25-27-29-30-32-33-36-38-41-44-47-50-53-59(68)75-56-58(77-60(69)54-51-48-45-42-39-35-24-21-18-15-12-9-6-3)57-76-67-65(63(72)62(71)64(79-67)66(73)74)78-61(70)55-52-49-46-43-40-37-34-31-28-26-23-20-17-14-11-8-5-2/h7-12,16-21,25-28,30,32,34-39,45,48,58,62-65,67,71-72H,4-6,13-15,22-24,29,31,33,40-44,46-47,49-57H2,1-3H3,(H,73,74)/b10-7-,11-8-,12-9-,19-16-,20-17-,21-18-,27-25-,28-26-,32-30-,37-34-,38-36-,39-35-,48-45-. The van der Waals surface area contributed by atoms with E-state index >= 15 is 0 Å². The number of ether oxygens (including phenoxy) is 5. The second kappa shape index (κ2) is 53.0. The van der Waals surface area contributed by atoms with Gasteiger partial charge >= 0.3 is 23.9 Å². The SMILES string of the molecule is CC/C=C\C/C=C\C/C=C\C/C=C\C/C=C\CCCCCC(=O)OCC(COC1OC(C(=O)O)C(O)C(O)C1OC(=O)CCCCCC/C=C\C/C=C\C/C=C\C/C=C\CC)OC(=O)CC/C=C\C/C=C\C/C=C\C/C=C\CC. The normalized spacial score (nSPS) is 19.0. The number of esters is 3. The fourth-order valence-corrected chi connectivity index (χ4v) is 7.69. The molecule has 1 aliphatic rings. The van der Waals surface area contributed by atoms with Crippen LogP contribution in [0.5, 0.6) is 0 Å². The lowest BCUT2D eigenvalue weighted by Crippen LogP contribution is -2.61. The largest absolute Gasteiger partial charge is 0.479 e. The van der Waals surface area contributed by atoms with E-state index in [0.29, 0.717) is 25.7 Å². The van der Waals surface area contributed by atoms with Gasteiger partial charge in [0.15, 0.2) is 24.6 Å². The molecule has 0 bridgehead atoms. The van der Waals surface area contributed by atoms with Crippen molar-refractivity contribution >= 4 is 23.9 Å². The molecule has 0 aromatic carbocycles. The Morgan fingerprint density at radius 1 is 0.418 bits per heavy atom. The van der Waals surface area contributed by atoms with E-state index in [4.69, 9.17) is 23.7 Å². The zero-order valence-corrected chi connectivity index (χ0v) is 48.3. The van der Waals surface area contributed by atoms with Crippen LogP contribution in [-0.4, -0.2) is 89.2 Å². The third-order valence-corrected chi connectivity index (χ3v) is 12.1. The molecule has 1 rings (SSSR count). The molecular weight excluding hydrogens is 997 g/mol. The van der Waals surface area contributed by atoms with Crippen molar-refractivity contribution in [2.75, 3.05) is 13.2 Å². The fraction of sp³-hybridized carbons (Fsp3) is 0.552. The molecule has 6 atom stereocenters. The number of aliphatic hydroxyl groups is 2. The van der Waals surface area contributed by atoms with E-state index < -0.39 is 67.3 Å². The number of hydrogen-bond acceptors (Lipinski definition) is 11. The molecule has 0 radical (unpaired) electrons. The van der Waals surface area contributed by atoms with Crippen LogP contribution in [0.1, 0.15) is 188 Å². The number of carbonyl (C=O) groups excluding carboxylic acids is 3. The summed E-state index contributed by atoms with van der Waals surface area (Å²) in [5.74, 6) is -3.34. The maximum Gasteiger partial charge on any atom is 0.335 e. The van der Waals surface area contributed by atoms with Crippen LogP contribution in [-0.2, 0) is 42.9 Å². The number of carbonyl (C=O) groups is 4. The van der Waals surface area contributed by atoms with Gasteiger partial charge in [-0.1, -0.05) is 198 Å². The number of aliphatic carboxylic acids is 1. The van der Waals surface area contributed by atoms with E-state index in [1.54, 1.807) is 0 Å². The zero-order chi connectivity index (χ0) is 57.5. The van der Waals surface area contributed by atoms with Crippen LogP contribution in [0, 0.1) is 0 Å². The van der Waals surface area contributed by atoms with Gasteiger partial charge < -0.3 is 39.0 Å². The van der Waals surface area contributed by atoms with Crippen LogP contribution in [0.25, 0.3) is 0 Å². The van der Waals surface area contributed by atoms with Crippen LogP contribution < -0.4 is 0 Å². The van der Waals surface area contributed by atoms with Gasteiger partial charge in [0, 0.05) is 19.3 Å². The Morgan fingerprint density at radius 2 is 0.785 bits per heavy atom. The number of hydrogen-bond donors (Lipinski definition) is 3. The molecule has 0 saturated carbocycles. The smallest absolute Gasteiger partial charge is 0.335 e. The highest BCUT2D eigenvalue weighted by Crippen LogP contribution is 2.26. The lowest BCUT2D eigenvalue weighted by Gasteiger charge is -2.40. The minimum Gasteiger partial charge on any atom is -0.479 e. The van der Waals surface area contributed by atoms with Gasteiger partial charge in [-0.25, -0.2) is 4.79 Å². The van der Waals surface area contributed by atoms with Crippen LogP contribution in [0.4, 0.5) is 0 Å².